The lowest BCUT2D eigenvalue weighted by molar-refractivity contribution is -0.904. The number of nitrogens with zero attached hydrogens (tertiary/aromatic N) is 1. The summed E-state index contributed by atoms with van der Waals surface area (Å²) in [5.74, 6) is 0.880. The molecule has 29 heavy (non-hydrogen) atoms. The van der Waals surface area contributed by atoms with Gasteiger partial charge >= 0.3 is 0 Å². The van der Waals surface area contributed by atoms with Crippen LogP contribution < -0.4 is 15.8 Å². The Balaban J connectivity index is 1.74. The van der Waals surface area contributed by atoms with E-state index in [4.69, 9.17) is 0 Å². The van der Waals surface area contributed by atoms with Gasteiger partial charge in [0.2, 0.25) is 0 Å². The molecule has 3 rings (SSSR count). The molecular formula is C23H29N4O2+. The summed E-state index contributed by atoms with van der Waals surface area (Å²) < 4.78 is 0. The molecule has 0 fully saturated rings. The molecule has 1 amide bonds. The number of quaternary nitrogens is 1. The van der Waals surface area contributed by atoms with E-state index in [0.29, 0.717) is 35.7 Å². The van der Waals surface area contributed by atoms with Gasteiger partial charge in [0.15, 0.2) is 12.4 Å². The summed E-state index contributed by atoms with van der Waals surface area (Å²) in [6.07, 6.45) is 0. The van der Waals surface area contributed by atoms with Gasteiger partial charge in [0.25, 0.3) is 11.5 Å². The molecular weight excluding hydrogens is 364 g/mol. The Bertz CT molecular complexity index is 1070. The van der Waals surface area contributed by atoms with Crippen LogP contribution in [0.1, 0.15) is 43.6 Å². The van der Waals surface area contributed by atoms with Gasteiger partial charge in [0.05, 0.1) is 17.4 Å². The first-order chi connectivity index (χ1) is 13.9. The highest BCUT2D eigenvalue weighted by Crippen LogP contribution is 2.27. The van der Waals surface area contributed by atoms with Crippen LogP contribution >= 0.6 is 0 Å². The number of hydrogen-bond donors (Lipinski definition) is 3. The van der Waals surface area contributed by atoms with Crippen molar-refractivity contribution in [3.63, 3.8) is 0 Å². The van der Waals surface area contributed by atoms with Crippen LogP contribution in [-0.2, 0) is 11.3 Å². The maximum atomic E-state index is 12.8. The number of likely N-dealkylation sites (N-methyl/N-ethyl adjacent to an activating group) is 1. The summed E-state index contributed by atoms with van der Waals surface area (Å²) >= 11 is 0. The maximum Gasteiger partial charge on any atom is 0.279 e. The normalized spacial score (nSPS) is 12.3. The van der Waals surface area contributed by atoms with Crippen LogP contribution in [0.15, 0.2) is 47.3 Å². The summed E-state index contributed by atoms with van der Waals surface area (Å²) in [5.41, 5.74) is 3.62. The zero-order valence-corrected chi connectivity index (χ0v) is 17.5. The third-order valence-corrected chi connectivity index (χ3v) is 5.18. The predicted molar refractivity (Wildman–Crippen MR) is 116 cm³/mol. The van der Waals surface area contributed by atoms with Gasteiger partial charge in [0.1, 0.15) is 6.54 Å². The molecule has 1 atom stereocenters. The van der Waals surface area contributed by atoms with Gasteiger partial charge in [-0.2, -0.15) is 0 Å². The second-order valence-electron chi connectivity index (χ2n) is 7.73. The zero-order valence-electron chi connectivity index (χ0n) is 17.5. The standard InChI is InChI=1S/C23H28N4O2/c1-5-27(13-20-24-19-12-7-6-10-18(19)23(29)25-20)14-21(28)26-22-16(4)9-8-11-17(22)15(2)3/h6-12,15H,5,13-14H2,1-4H3,(H,26,28)(H,24,25,29)/p+1. The van der Waals surface area contributed by atoms with Crippen LogP contribution in [-0.4, -0.2) is 29.0 Å². The first-order valence-electron chi connectivity index (χ1n) is 10.1. The number of amides is 1. The summed E-state index contributed by atoms with van der Waals surface area (Å²) in [4.78, 5) is 33.5. The molecule has 2 aromatic carbocycles. The van der Waals surface area contributed by atoms with Crippen molar-refractivity contribution < 1.29 is 9.69 Å². The lowest BCUT2D eigenvalue weighted by Gasteiger charge is -2.19. The van der Waals surface area contributed by atoms with E-state index in [1.54, 1.807) is 6.07 Å². The molecule has 0 radical (unpaired) electrons. The first-order valence-corrected chi connectivity index (χ1v) is 10.1. The van der Waals surface area contributed by atoms with Crippen molar-refractivity contribution in [3.05, 3.63) is 69.8 Å². The SMILES string of the molecule is CC[NH+](CC(=O)Nc1c(C)cccc1C(C)C)Cc1nc2ccccc2c(=O)[nH]1. The highest BCUT2D eigenvalue weighted by molar-refractivity contribution is 5.93. The van der Waals surface area contributed by atoms with E-state index in [0.717, 1.165) is 28.3 Å². The van der Waals surface area contributed by atoms with Crippen molar-refractivity contribution in [2.45, 2.75) is 40.2 Å². The van der Waals surface area contributed by atoms with Crippen LogP contribution in [0, 0.1) is 6.92 Å². The van der Waals surface area contributed by atoms with Crippen LogP contribution in [0.25, 0.3) is 10.9 Å². The van der Waals surface area contributed by atoms with Crippen molar-refractivity contribution in [2.75, 3.05) is 18.4 Å². The van der Waals surface area contributed by atoms with Gasteiger partial charge in [-0.25, -0.2) is 4.98 Å². The minimum Gasteiger partial charge on any atom is -0.321 e. The molecule has 6 heteroatoms. The lowest BCUT2D eigenvalue weighted by atomic mass is 9.98. The predicted octanol–water partition coefficient (Wildman–Crippen LogP) is 2.40. The van der Waals surface area contributed by atoms with Crippen molar-refractivity contribution in [1.82, 2.24) is 9.97 Å². The number of carbonyl (C=O) groups is 1. The fourth-order valence-corrected chi connectivity index (χ4v) is 3.52. The Labute approximate surface area is 171 Å². The number of carbonyl (C=O) groups excluding carboxylic acids is 1. The number of para-hydroxylation sites is 2. The van der Waals surface area contributed by atoms with E-state index >= 15 is 0 Å². The van der Waals surface area contributed by atoms with Gasteiger partial charge in [-0.15, -0.1) is 0 Å². The Hall–Kier alpha value is -2.99. The smallest absolute Gasteiger partial charge is 0.279 e. The highest BCUT2D eigenvalue weighted by atomic mass is 16.2. The van der Waals surface area contributed by atoms with E-state index in [9.17, 15) is 9.59 Å². The van der Waals surface area contributed by atoms with Crippen molar-refractivity contribution >= 4 is 22.5 Å². The van der Waals surface area contributed by atoms with Crippen LogP contribution in [0.4, 0.5) is 5.69 Å². The van der Waals surface area contributed by atoms with Crippen molar-refractivity contribution in [1.29, 1.82) is 0 Å². The number of rotatable bonds is 7. The molecule has 3 N–H and O–H groups in total. The summed E-state index contributed by atoms with van der Waals surface area (Å²) in [6.45, 7) is 9.80. The zero-order chi connectivity index (χ0) is 21.0. The number of hydrogen-bond acceptors (Lipinski definition) is 3. The van der Waals surface area contributed by atoms with Gasteiger partial charge < -0.3 is 15.2 Å². The van der Waals surface area contributed by atoms with Crippen LogP contribution in [0.5, 0.6) is 0 Å². The third-order valence-electron chi connectivity index (χ3n) is 5.18. The Morgan fingerprint density at radius 1 is 1.17 bits per heavy atom. The molecule has 1 aromatic heterocycles. The fraction of sp³-hybridized carbons (Fsp3) is 0.348. The Kier molecular flexibility index (Phi) is 6.44. The molecule has 3 aromatic rings. The topological polar surface area (TPSA) is 79.3 Å². The quantitative estimate of drug-likeness (QED) is 0.577. The number of aromatic amines is 1. The molecule has 0 aliphatic heterocycles. The number of H-pyrrole nitrogens is 1. The molecule has 1 unspecified atom stereocenters. The van der Waals surface area contributed by atoms with Crippen LogP contribution in [0.2, 0.25) is 0 Å². The minimum absolute atomic E-state index is 0.0406. The third kappa shape index (κ3) is 4.90. The fourth-order valence-electron chi connectivity index (χ4n) is 3.52. The van der Waals surface area contributed by atoms with Gasteiger partial charge in [-0.3, -0.25) is 9.59 Å². The molecule has 6 nitrogen and oxygen atoms in total. The Morgan fingerprint density at radius 3 is 2.66 bits per heavy atom. The van der Waals surface area contributed by atoms with Crippen molar-refractivity contribution in [2.24, 2.45) is 0 Å². The van der Waals surface area contributed by atoms with Crippen molar-refractivity contribution in [3.8, 4) is 0 Å². The molecule has 0 aliphatic carbocycles. The van der Waals surface area contributed by atoms with Crippen LogP contribution in [0.3, 0.4) is 0 Å². The number of nitrogens with one attached hydrogen (secondary N) is 3. The maximum absolute atomic E-state index is 12.8. The number of aromatic nitrogens is 2. The molecule has 0 saturated carbocycles. The van der Waals surface area contributed by atoms with E-state index in [1.165, 1.54) is 0 Å². The second-order valence-corrected chi connectivity index (χ2v) is 7.73. The first kappa shape index (κ1) is 20.7. The highest BCUT2D eigenvalue weighted by Gasteiger charge is 2.18. The van der Waals surface area contributed by atoms with E-state index < -0.39 is 0 Å². The van der Waals surface area contributed by atoms with E-state index in [1.807, 2.05) is 44.2 Å². The van der Waals surface area contributed by atoms with E-state index in [-0.39, 0.29) is 11.5 Å². The largest absolute Gasteiger partial charge is 0.321 e. The minimum atomic E-state index is -0.146. The Morgan fingerprint density at radius 2 is 1.93 bits per heavy atom. The summed E-state index contributed by atoms with van der Waals surface area (Å²) in [6, 6.07) is 13.4. The summed E-state index contributed by atoms with van der Waals surface area (Å²) in [7, 11) is 0. The van der Waals surface area contributed by atoms with E-state index in [2.05, 4.69) is 35.2 Å². The number of benzene rings is 2. The molecule has 0 spiro atoms. The van der Waals surface area contributed by atoms with Gasteiger partial charge in [-0.05, 0) is 43.0 Å². The average molecular weight is 394 g/mol. The molecule has 0 saturated heterocycles. The molecule has 152 valence electrons. The number of aryl methyl sites for hydroxylation is 1. The molecule has 1 heterocycles. The average Bonchev–Trinajstić information content (AvgIpc) is 2.69. The number of anilines is 1. The molecule has 0 bridgehead atoms. The van der Waals surface area contributed by atoms with Gasteiger partial charge in [0, 0.05) is 5.69 Å². The monoisotopic (exact) mass is 393 g/mol. The van der Waals surface area contributed by atoms with Gasteiger partial charge in [-0.1, -0.05) is 44.2 Å². The lowest BCUT2D eigenvalue weighted by Crippen LogP contribution is -3.11. The molecule has 0 aliphatic rings. The second kappa shape index (κ2) is 9.01. The summed E-state index contributed by atoms with van der Waals surface area (Å²) in [5, 5.41) is 3.68. The number of fused-ring (bicyclic) bond motifs is 1.